The summed E-state index contributed by atoms with van der Waals surface area (Å²) in [5, 5.41) is 6.46. The highest BCUT2D eigenvalue weighted by Gasteiger charge is 2.24. The monoisotopic (exact) mass is 305 g/mol. The quantitative estimate of drug-likeness (QED) is 0.913. The average molecular weight is 306 g/mol. The number of nitrogens with one attached hydrogen (secondary N) is 1. The van der Waals surface area contributed by atoms with Crippen LogP contribution >= 0.6 is 39.0 Å². The van der Waals surface area contributed by atoms with E-state index in [0.717, 1.165) is 5.25 Å². The minimum absolute atomic E-state index is 0.642. The third-order valence-electron chi connectivity index (χ3n) is 2.83. The zero-order chi connectivity index (χ0) is 10.7. The summed E-state index contributed by atoms with van der Waals surface area (Å²) in [6.07, 6.45) is 3.94. The van der Waals surface area contributed by atoms with Gasteiger partial charge in [-0.05, 0) is 54.1 Å². The van der Waals surface area contributed by atoms with Crippen molar-refractivity contribution in [3.05, 3.63) is 20.8 Å². The van der Waals surface area contributed by atoms with Gasteiger partial charge in [0.05, 0.1) is 0 Å². The maximum absolute atomic E-state index is 3.51. The van der Waals surface area contributed by atoms with Crippen LogP contribution < -0.4 is 5.32 Å². The van der Waals surface area contributed by atoms with Crippen molar-refractivity contribution in [2.75, 3.05) is 12.8 Å². The SMILES string of the molecule is CNC(Cc1cc(Br)cs1)C1CCCS1. The first-order chi connectivity index (χ1) is 7.29. The van der Waals surface area contributed by atoms with E-state index in [9.17, 15) is 0 Å². The molecule has 0 radical (unpaired) electrons. The Morgan fingerprint density at radius 1 is 1.67 bits per heavy atom. The molecule has 84 valence electrons. The summed E-state index contributed by atoms with van der Waals surface area (Å²) in [7, 11) is 2.09. The Labute approximate surface area is 108 Å². The highest BCUT2D eigenvalue weighted by molar-refractivity contribution is 9.10. The van der Waals surface area contributed by atoms with Gasteiger partial charge in [0, 0.05) is 26.0 Å². The fourth-order valence-corrected chi connectivity index (χ4v) is 4.96. The first-order valence-corrected chi connectivity index (χ1v) is 8.03. The Morgan fingerprint density at radius 2 is 2.53 bits per heavy atom. The molecule has 0 bridgehead atoms. The summed E-state index contributed by atoms with van der Waals surface area (Å²) >= 11 is 7.50. The van der Waals surface area contributed by atoms with E-state index in [1.54, 1.807) is 0 Å². The van der Waals surface area contributed by atoms with Gasteiger partial charge in [-0.2, -0.15) is 11.8 Å². The molecule has 1 saturated heterocycles. The Bertz CT molecular complexity index is 307. The van der Waals surface area contributed by atoms with E-state index in [2.05, 4.69) is 51.5 Å². The molecule has 1 aliphatic rings. The average Bonchev–Trinajstić information content (AvgIpc) is 2.85. The maximum atomic E-state index is 3.51. The number of thioether (sulfide) groups is 1. The van der Waals surface area contributed by atoms with E-state index in [1.807, 2.05) is 11.3 Å². The van der Waals surface area contributed by atoms with Crippen molar-refractivity contribution in [3.8, 4) is 0 Å². The topological polar surface area (TPSA) is 12.0 Å². The summed E-state index contributed by atoms with van der Waals surface area (Å²) in [5.74, 6) is 1.34. The predicted molar refractivity (Wildman–Crippen MR) is 74.1 cm³/mol. The van der Waals surface area contributed by atoms with Gasteiger partial charge in [-0.3, -0.25) is 0 Å². The molecule has 1 N–H and O–H groups in total. The van der Waals surface area contributed by atoms with Gasteiger partial charge in [-0.15, -0.1) is 11.3 Å². The van der Waals surface area contributed by atoms with Gasteiger partial charge in [0.2, 0.25) is 0 Å². The summed E-state index contributed by atoms with van der Waals surface area (Å²) in [6, 6.07) is 2.89. The van der Waals surface area contributed by atoms with Crippen LogP contribution in [0.15, 0.2) is 15.9 Å². The van der Waals surface area contributed by atoms with Crippen LogP contribution in [0.1, 0.15) is 17.7 Å². The molecule has 2 atom stereocenters. The van der Waals surface area contributed by atoms with E-state index in [1.165, 1.54) is 34.4 Å². The Hall–Kier alpha value is 0.490. The molecule has 1 fully saturated rings. The second kappa shape index (κ2) is 5.71. The molecule has 1 nitrogen and oxygen atoms in total. The predicted octanol–water partition coefficient (Wildman–Crippen LogP) is 3.54. The third kappa shape index (κ3) is 3.22. The van der Waals surface area contributed by atoms with Crippen molar-refractivity contribution >= 4 is 39.0 Å². The standard InChI is InChI=1S/C11H16BrNS2/c1-13-10(11-3-2-4-14-11)6-9-5-8(12)7-15-9/h5,7,10-11,13H,2-4,6H2,1H3. The number of rotatable bonds is 4. The molecule has 1 aliphatic heterocycles. The molecule has 1 aromatic rings. The van der Waals surface area contributed by atoms with Crippen LogP contribution in [0.25, 0.3) is 0 Å². The smallest absolute Gasteiger partial charge is 0.0285 e. The number of halogens is 1. The zero-order valence-corrected chi connectivity index (χ0v) is 12.1. The molecule has 2 rings (SSSR count). The third-order valence-corrected chi connectivity index (χ3v) is 6.06. The molecule has 2 heterocycles. The molecule has 0 saturated carbocycles. The Balaban J connectivity index is 1.95. The van der Waals surface area contributed by atoms with Crippen molar-refractivity contribution < 1.29 is 0 Å². The van der Waals surface area contributed by atoms with Crippen molar-refractivity contribution in [1.29, 1.82) is 0 Å². The van der Waals surface area contributed by atoms with Crippen LogP contribution in [0.5, 0.6) is 0 Å². The van der Waals surface area contributed by atoms with Gasteiger partial charge in [0.15, 0.2) is 0 Å². The van der Waals surface area contributed by atoms with E-state index in [0.29, 0.717) is 6.04 Å². The lowest BCUT2D eigenvalue weighted by molar-refractivity contribution is 0.527. The number of hydrogen-bond donors (Lipinski definition) is 1. The van der Waals surface area contributed by atoms with Crippen molar-refractivity contribution in [3.63, 3.8) is 0 Å². The Morgan fingerprint density at radius 3 is 3.07 bits per heavy atom. The maximum Gasteiger partial charge on any atom is 0.0285 e. The van der Waals surface area contributed by atoms with Gasteiger partial charge in [-0.25, -0.2) is 0 Å². The Kier molecular flexibility index (Phi) is 4.55. The van der Waals surface area contributed by atoms with Gasteiger partial charge in [0.25, 0.3) is 0 Å². The second-order valence-electron chi connectivity index (χ2n) is 3.88. The minimum atomic E-state index is 0.642. The summed E-state index contributed by atoms with van der Waals surface area (Å²) < 4.78 is 1.22. The van der Waals surface area contributed by atoms with Gasteiger partial charge >= 0.3 is 0 Å². The number of hydrogen-bond acceptors (Lipinski definition) is 3. The first kappa shape index (κ1) is 12.0. The van der Waals surface area contributed by atoms with Gasteiger partial charge in [-0.1, -0.05) is 0 Å². The molecule has 2 unspecified atom stereocenters. The van der Waals surface area contributed by atoms with Gasteiger partial charge in [0.1, 0.15) is 0 Å². The van der Waals surface area contributed by atoms with E-state index >= 15 is 0 Å². The molecule has 0 aliphatic carbocycles. The molecular weight excluding hydrogens is 290 g/mol. The lowest BCUT2D eigenvalue weighted by Crippen LogP contribution is -2.36. The largest absolute Gasteiger partial charge is 0.316 e. The molecule has 0 aromatic carbocycles. The first-order valence-electron chi connectivity index (χ1n) is 5.31. The fourth-order valence-electron chi connectivity index (χ4n) is 2.02. The molecular formula is C11H16BrNS2. The number of likely N-dealkylation sites (N-methyl/N-ethyl adjacent to an activating group) is 1. The van der Waals surface area contributed by atoms with Gasteiger partial charge < -0.3 is 5.32 Å². The van der Waals surface area contributed by atoms with Crippen LogP contribution in [0.3, 0.4) is 0 Å². The van der Waals surface area contributed by atoms with Crippen LogP contribution in [0, 0.1) is 0 Å². The van der Waals surface area contributed by atoms with Crippen LogP contribution in [0.2, 0.25) is 0 Å². The van der Waals surface area contributed by atoms with Crippen LogP contribution in [-0.2, 0) is 6.42 Å². The highest BCUT2D eigenvalue weighted by Crippen LogP contribution is 2.31. The van der Waals surface area contributed by atoms with Crippen molar-refractivity contribution in [2.45, 2.75) is 30.6 Å². The summed E-state index contributed by atoms with van der Waals surface area (Å²) in [4.78, 5) is 1.48. The normalized spacial score (nSPS) is 23.2. The molecule has 1 aromatic heterocycles. The number of thiophene rings is 1. The van der Waals surface area contributed by atoms with E-state index in [-0.39, 0.29) is 0 Å². The fraction of sp³-hybridized carbons (Fsp3) is 0.636. The minimum Gasteiger partial charge on any atom is -0.316 e. The zero-order valence-electron chi connectivity index (χ0n) is 8.83. The van der Waals surface area contributed by atoms with Crippen molar-refractivity contribution in [2.24, 2.45) is 0 Å². The lowest BCUT2D eigenvalue weighted by Gasteiger charge is -2.21. The van der Waals surface area contributed by atoms with Crippen LogP contribution in [0.4, 0.5) is 0 Å². The summed E-state index contributed by atoms with van der Waals surface area (Å²) in [6.45, 7) is 0. The van der Waals surface area contributed by atoms with E-state index < -0.39 is 0 Å². The summed E-state index contributed by atoms with van der Waals surface area (Å²) in [5.41, 5.74) is 0. The second-order valence-corrected chi connectivity index (χ2v) is 7.14. The highest BCUT2D eigenvalue weighted by atomic mass is 79.9. The molecule has 0 spiro atoms. The lowest BCUT2D eigenvalue weighted by atomic mass is 10.1. The molecule has 4 heteroatoms. The van der Waals surface area contributed by atoms with Crippen LogP contribution in [-0.4, -0.2) is 24.1 Å². The molecule has 0 amide bonds. The van der Waals surface area contributed by atoms with Crippen molar-refractivity contribution in [1.82, 2.24) is 5.32 Å². The van der Waals surface area contributed by atoms with E-state index in [4.69, 9.17) is 0 Å². The molecule has 15 heavy (non-hydrogen) atoms.